The molecule has 5 nitrogen and oxygen atoms in total. The van der Waals surface area contributed by atoms with Crippen molar-refractivity contribution in [2.45, 2.75) is 25.7 Å². The first kappa shape index (κ1) is 20.1. The summed E-state index contributed by atoms with van der Waals surface area (Å²) < 4.78 is 0. The average Bonchev–Trinajstić information content (AvgIpc) is 2.72. The first-order chi connectivity index (χ1) is 13.5. The van der Waals surface area contributed by atoms with E-state index in [2.05, 4.69) is 36.1 Å². The van der Waals surface area contributed by atoms with E-state index in [1.54, 1.807) is 0 Å². The molecule has 0 radical (unpaired) electrons. The highest BCUT2D eigenvalue weighted by atomic mass is 16.2. The number of nitrogens with zero attached hydrogens (tertiary/aromatic N) is 2. The SMILES string of the molecule is Cc1ccccc1C(CC(=O)N1CCN(CCC(N)=O)CC1)c1ccccc1. The van der Waals surface area contributed by atoms with Crippen LogP contribution in [0.4, 0.5) is 0 Å². The standard InChI is InChI=1S/C23H29N3O2/c1-18-7-5-6-10-20(18)21(19-8-3-2-4-9-19)17-23(28)26-15-13-25(14-16-26)12-11-22(24)27/h2-10,21H,11-17H2,1H3,(H2,24,27). The zero-order valence-corrected chi connectivity index (χ0v) is 16.5. The second-order valence-electron chi connectivity index (χ2n) is 7.46. The Balaban J connectivity index is 1.67. The molecule has 0 aromatic heterocycles. The van der Waals surface area contributed by atoms with Gasteiger partial charge in [-0.1, -0.05) is 54.6 Å². The predicted octanol–water partition coefficient (Wildman–Crippen LogP) is 2.54. The third kappa shape index (κ3) is 5.20. The van der Waals surface area contributed by atoms with E-state index in [0.717, 1.165) is 13.1 Å². The molecule has 148 valence electrons. The van der Waals surface area contributed by atoms with Gasteiger partial charge in [-0.3, -0.25) is 14.5 Å². The average molecular weight is 380 g/mol. The smallest absolute Gasteiger partial charge is 0.223 e. The highest BCUT2D eigenvalue weighted by Crippen LogP contribution is 2.31. The van der Waals surface area contributed by atoms with Gasteiger partial charge in [0.25, 0.3) is 0 Å². The molecule has 0 saturated carbocycles. The maximum atomic E-state index is 13.1. The summed E-state index contributed by atoms with van der Waals surface area (Å²) in [7, 11) is 0. The molecule has 1 fully saturated rings. The third-order valence-electron chi connectivity index (χ3n) is 5.54. The molecule has 3 rings (SSSR count). The third-order valence-corrected chi connectivity index (χ3v) is 5.54. The van der Waals surface area contributed by atoms with E-state index in [4.69, 9.17) is 5.73 Å². The van der Waals surface area contributed by atoms with E-state index < -0.39 is 0 Å². The zero-order valence-electron chi connectivity index (χ0n) is 16.5. The second-order valence-corrected chi connectivity index (χ2v) is 7.46. The van der Waals surface area contributed by atoms with Crippen LogP contribution in [0.25, 0.3) is 0 Å². The van der Waals surface area contributed by atoms with E-state index in [0.29, 0.717) is 32.5 Å². The molecule has 1 aliphatic heterocycles. The van der Waals surface area contributed by atoms with Gasteiger partial charge in [0.2, 0.25) is 11.8 Å². The van der Waals surface area contributed by atoms with E-state index in [1.807, 2.05) is 35.2 Å². The Morgan fingerprint density at radius 3 is 2.25 bits per heavy atom. The van der Waals surface area contributed by atoms with E-state index in [1.165, 1.54) is 16.7 Å². The van der Waals surface area contributed by atoms with Gasteiger partial charge in [-0.2, -0.15) is 0 Å². The summed E-state index contributed by atoms with van der Waals surface area (Å²) in [6, 6.07) is 18.6. The molecular weight excluding hydrogens is 350 g/mol. The molecule has 2 aromatic carbocycles. The number of benzene rings is 2. The van der Waals surface area contributed by atoms with Crippen LogP contribution < -0.4 is 5.73 Å². The maximum Gasteiger partial charge on any atom is 0.223 e. The summed E-state index contributed by atoms with van der Waals surface area (Å²) in [5, 5.41) is 0. The number of rotatable bonds is 7. The first-order valence-electron chi connectivity index (χ1n) is 9.93. The van der Waals surface area contributed by atoms with Crippen LogP contribution in [0.1, 0.15) is 35.4 Å². The molecule has 1 aliphatic rings. The fourth-order valence-electron chi connectivity index (χ4n) is 3.86. The number of amides is 2. The fraction of sp³-hybridized carbons (Fsp3) is 0.391. The highest BCUT2D eigenvalue weighted by Gasteiger charge is 2.25. The van der Waals surface area contributed by atoms with Crippen molar-refractivity contribution in [2.75, 3.05) is 32.7 Å². The number of aryl methyl sites for hydroxylation is 1. The van der Waals surface area contributed by atoms with Gasteiger partial charge in [0.15, 0.2) is 0 Å². The summed E-state index contributed by atoms with van der Waals surface area (Å²) in [5.74, 6) is -0.0307. The van der Waals surface area contributed by atoms with Gasteiger partial charge in [-0.05, 0) is 23.6 Å². The Labute approximate surface area is 167 Å². The molecular formula is C23H29N3O2. The van der Waals surface area contributed by atoms with E-state index in [-0.39, 0.29) is 17.7 Å². The lowest BCUT2D eigenvalue weighted by Gasteiger charge is -2.35. The molecule has 2 amide bonds. The van der Waals surface area contributed by atoms with E-state index >= 15 is 0 Å². The summed E-state index contributed by atoms with van der Waals surface area (Å²) in [6.07, 6.45) is 0.841. The Morgan fingerprint density at radius 1 is 0.964 bits per heavy atom. The molecule has 1 unspecified atom stereocenters. The van der Waals surface area contributed by atoms with Crippen LogP contribution in [0.5, 0.6) is 0 Å². The van der Waals surface area contributed by atoms with Crippen LogP contribution in [-0.2, 0) is 9.59 Å². The molecule has 2 N–H and O–H groups in total. The lowest BCUT2D eigenvalue weighted by Crippen LogP contribution is -2.49. The molecule has 28 heavy (non-hydrogen) atoms. The van der Waals surface area contributed by atoms with Crippen LogP contribution in [0, 0.1) is 6.92 Å². The molecule has 5 heteroatoms. The van der Waals surface area contributed by atoms with Gasteiger partial charge < -0.3 is 10.6 Å². The summed E-state index contributed by atoms with van der Waals surface area (Å²) in [6.45, 7) is 5.76. The van der Waals surface area contributed by atoms with Gasteiger partial charge in [0.1, 0.15) is 0 Å². The fourth-order valence-corrected chi connectivity index (χ4v) is 3.86. The maximum absolute atomic E-state index is 13.1. The van der Waals surface area contributed by atoms with Crippen molar-refractivity contribution in [3.63, 3.8) is 0 Å². The van der Waals surface area contributed by atoms with Gasteiger partial charge in [0, 0.05) is 51.5 Å². The first-order valence-corrected chi connectivity index (χ1v) is 9.93. The van der Waals surface area contributed by atoms with Crippen LogP contribution in [0.3, 0.4) is 0 Å². The summed E-state index contributed by atoms with van der Waals surface area (Å²) >= 11 is 0. The van der Waals surface area contributed by atoms with Crippen LogP contribution >= 0.6 is 0 Å². The molecule has 0 spiro atoms. The minimum atomic E-state index is -0.276. The Kier molecular flexibility index (Phi) is 6.82. The zero-order chi connectivity index (χ0) is 19.9. The van der Waals surface area contributed by atoms with Crippen molar-refractivity contribution in [3.05, 3.63) is 71.3 Å². The molecule has 2 aromatic rings. The number of hydrogen-bond donors (Lipinski definition) is 1. The Morgan fingerprint density at radius 2 is 1.61 bits per heavy atom. The largest absolute Gasteiger partial charge is 0.370 e. The van der Waals surface area contributed by atoms with Crippen molar-refractivity contribution in [2.24, 2.45) is 5.73 Å². The lowest BCUT2D eigenvalue weighted by molar-refractivity contribution is -0.133. The molecule has 1 atom stereocenters. The molecule has 1 heterocycles. The Bertz CT molecular complexity index is 799. The summed E-state index contributed by atoms with van der Waals surface area (Å²) in [4.78, 5) is 28.2. The van der Waals surface area contributed by atoms with E-state index in [9.17, 15) is 9.59 Å². The quantitative estimate of drug-likeness (QED) is 0.804. The molecule has 1 saturated heterocycles. The van der Waals surface area contributed by atoms with Crippen molar-refractivity contribution in [3.8, 4) is 0 Å². The number of nitrogens with two attached hydrogens (primary N) is 1. The minimum absolute atomic E-state index is 0.0581. The van der Waals surface area contributed by atoms with Crippen LogP contribution in [-0.4, -0.2) is 54.3 Å². The van der Waals surface area contributed by atoms with Crippen molar-refractivity contribution in [1.82, 2.24) is 9.80 Å². The predicted molar refractivity (Wildman–Crippen MR) is 111 cm³/mol. The highest BCUT2D eigenvalue weighted by molar-refractivity contribution is 5.78. The van der Waals surface area contributed by atoms with Crippen LogP contribution in [0.15, 0.2) is 54.6 Å². The summed E-state index contributed by atoms with van der Waals surface area (Å²) in [5.41, 5.74) is 8.82. The van der Waals surface area contributed by atoms with Gasteiger partial charge in [0.05, 0.1) is 0 Å². The topological polar surface area (TPSA) is 66.6 Å². The van der Waals surface area contributed by atoms with Crippen molar-refractivity contribution >= 4 is 11.8 Å². The Hall–Kier alpha value is -2.66. The molecule has 0 aliphatic carbocycles. The van der Waals surface area contributed by atoms with Crippen molar-refractivity contribution in [1.29, 1.82) is 0 Å². The number of hydrogen-bond acceptors (Lipinski definition) is 3. The molecule has 0 bridgehead atoms. The van der Waals surface area contributed by atoms with Gasteiger partial charge in [-0.25, -0.2) is 0 Å². The number of piperazine rings is 1. The lowest BCUT2D eigenvalue weighted by atomic mass is 9.85. The minimum Gasteiger partial charge on any atom is -0.370 e. The van der Waals surface area contributed by atoms with Gasteiger partial charge >= 0.3 is 0 Å². The monoisotopic (exact) mass is 379 g/mol. The van der Waals surface area contributed by atoms with Crippen LogP contribution in [0.2, 0.25) is 0 Å². The van der Waals surface area contributed by atoms with Crippen molar-refractivity contribution < 1.29 is 9.59 Å². The second kappa shape index (κ2) is 9.51. The number of carbonyl (C=O) groups is 2. The number of primary amides is 1. The van der Waals surface area contributed by atoms with Gasteiger partial charge in [-0.15, -0.1) is 0 Å². The normalized spacial score (nSPS) is 16.0. The number of carbonyl (C=O) groups excluding carboxylic acids is 2.